The Morgan fingerprint density at radius 1 is 1.03 bits per heavy atom. The molecule has 1 saturated heterocycles. The van der Waals surface area contributed by atoms with Crippen LogP contribution in [-0.2, 0) is 26.5 Å². The van der Waals surface area contributed by atoms with Crippen LogP contribution in [0.25, 0.3) is 43.6 Å². The van der Waals surface area contributed by atoms with Crippen LogP contribution >= 0.6 is 0 Å². The van der Waals surface area contributed by atoms with Gasteiger partial charge in [-0.05, 0) is 26.1 Å². The Kier molecular flexibility index (Phi) is 3.65. The maximum atomic E-state index is 13.2. The number of esters is 1. The van der Waals surface area contributed by atoms with Crippen LogP contribution in [0, 0.1) is 0 Å². The van der Waals surface area contributed by atoms with E-state index in [2.05, 4.69) is 63.8 Å². The summed E-state index contributed by atoms with van der Waals surface area (Å²) in [6, 6.07) is 16.8. The molecular weight excluding hydrogens is 442 g/mol. The zero-order chi connectivity index (χ0) is 23.6. The standard InChI is InChI=1S/C28H25N3O4/c1-28-26(33-3)17(29-2)12-20(35-28)30-18-10-6-4-8-14(18)22-23-16(13-34-27(23)32)21-15-9-5-7-11-19(15)31(28)25(21)24(22)30/h4-11,17,20,26,29H,12-13H2,1-3H3/t17-,20-,26-,28+/m0/s1. The molecule has 0 amide bonds. The highest BCUT2D eigenvalue weighted by Crippen LogP contribution is 2.53. The van der Waals surface area contributed by atoms with Gasteiger partial charge in [0, 0.05) is 46.7 Å². The number of hydrogen-bond donors (Lipinski definition) is 1. The first kappa shape index (κ1) is 19.9. The van der Waals surface area contributed by atoms with Crippen molar-refractivity contribution < 1.29 is 19.0 Å². The van der Waals surface area contributed by atoms with Crippen LogP contribution in [0.2, 0.25) is 0 Å². The third-order valence-corrected chi connectivity index (χ3v) is 8.50. The minimum absolute atomic E-state index is 0.0716. The van der Waals surface area contributed by atoms with Crippen LogP contribution in [0.5, 0.6) is 0 Å². The number of fused-ring (bicyclic) bond motifs is 13. The number of para-hydroxylation sites is 2. The molecule has 1 N–H and O–H groups in total. The lowest BCUT2D eigenvalue weighted by molar-refractivity contribution is -0.256. The summed E-state index contributed by atoms with van der Waals surface area (Å²) in [5.41, 5.74) is 5.13. The number of nitrogens with one attached hydrogen (secondary N) is 1. The van der Waals surface area contributed by atoms with E-state index in [1.807, 2.05) is 13.1 Å². The average molecular weight is 468 g/mol. The summed E-state index contributed by atoms with van der Waals surface area (Å²) in [5, 5.41) is 7.69. The van der Waals surface area contributed by atoms with Crippen molar-refractivity contribution in [2.24, 2.45) is 0 Å². The van der Waals surface area contributed by atoms with E-state index in [0.717, 1.165) is 55.6 Å². The first-order valence-corrected chi connectivity index (χ1v) is 12.1. The molecule has 7 nitrogen and oxygen atoms in total. The van der Waals surface area contributed by atoms with Gasteiger partial charge in [0.25, 0.3) is 0 Å². The van der Waals surface area contributed by atoms with Crippen molar-refractivity contribution in [3.63, 3.8) is 0 Å². The molecule has 176 valence electrons. The van der Waals surface area contributed by atoms with E-state index >= 15 is 0 Å². The molecule has 0 saturated carbocycles. The molecule has 0 spiro atoms. The quantitative estimate of drug-likeness (QED) is 0.379. The number of aromatic nitrogens is 2. The fourth-order valence-electron chi connectivity index (χ4n) is 7.23. The van der Waals surface area contributed by atoms with E-state index < -0.39 is 5.72 Å². The lowest BCUT2D eigenvalue weighted by Crippen LogP contribution is -2.59. The van der Waals surface area contributed by atoms with Gasteiger partial charge in [-0.25, -0.2) is 4.79 Å². The van der Waals surface area contributed by atoms with Crippen LogP contribution in [-0.4, -0.2) is 41.4 Å². The van der Waals surface area contributed by atoms with E-state index in [0.29, 0.717) is 5.56 Å². The normalized spacial score (nSPS) is 27.3. The fraction of sp³-hybridized carbons (Fsp3) is 0.321. The molecule has 1 fully saturated rings. The number of methoxy groups -OCH3 is 1. The topological polar surface area (TPSA) is 66.7 Å². The fourth-order valence-corrected chi connectivity index (χ4v) is 7.23. The van der Waals surface area contributed by atoms with Crippen molar-refractivity contribution >= 4 is 49.6 Å². The zero-order valence-corrected chi connectivity index (χ0v) is 19.8. The molecule has 0 radical (unpaired) electrons. The van der Waals surface area contributed by atoms with Crippen LogP contribution in [0.15, 0.2) is 48.5 Å². The summed E-state index contributed by atoms with van der Waals surface area (Å²) in [6.45, 7) is 2.42. The molecule has 35 heavy (non-hydrogen) atoms. The Bertz CT molecular complexity index is 1750. The van der Waals surface area contributed by atoms with Crippen molar-refractivity contribution in [2.45, 2.75) is 44.1 Å². The molecule has 3 aromatic carbocycles. The van der Waals surface area contributed by atoms with Crippen molar-refractivity contribution in [3.8, 4) is 0 Å². The number of carbonyl (C=O) groups excluding carboxylic acids is 1. The Morgan fingerprint density at radius 3 is 2.49 bits per heavy atom. The van der Waals surface area contributed by atoms with Crippen molar-refractivity contribution in [1.82, 2.24) is 14.5 Å². The molecular formula is C28H25N3O4. The first-order valence-electron chi connectivity index (χ1n) is 12.1. The predicted molar refractivity (Wildman–Crippen MR) is 134 cm³/mol. The number of hydrogen-bond acceptors (Lipinski definition) is 5. The van der Waals surface area contributed by atoms with Gasteiger partial charge in [-0.2, -0.15) is 0 Å². The van der Waals surface area contributed by atoms with Gasteiger partial charge >= 0.3 is 5.97 Å². The molecule has 5 heterocycles. The molecule has 0 unspecified atom stereocenters. The highest BCUT2D eigenvalue weighted by molar-refractivity contribution is 6.30. The summed E-state index contributed by atoms with van der Waals surface area (Å²) in [4.78, 5) is 13.2. The smallest absolute Gasteiger partial charge is 0.339 e. The van der Waals surface area contributed by atoms with E-state index in [1.54, 1.807) is 7.11 Å². The SMILES string of the molecule is CN[C@H]1C[C@@H]2O[C@](C)([C@H]1OC)n1c3ccccc3c3c4c(c5c6ccccc6n2c5c31)C(=O)OC4. The highest BCUT2D eigenvalue weighted by Gasteiger charge is 2.53. The van der Waals surface area contributed by atoms with Gasteiger partial charge in [-0.3, -0.25) is 0 Å². The second-order valence-corrected chi connectivity index (χ2v) is 10.0. The Hall–Kier alpha value is -3.39. The van der Waals surface area contributed by atoms with Gasteiger partial charge in [0.05, 0.1) is 27.6 Å². The van der Waals surface area contributed by atoms with Gasteiger partial charge in [0.2, 0.25) is 0 Å². The lowest BCUT2D eigenvalue weighted by Gasteiger charge is -2.48. The van der Waals surface area contributed by atoms with Gasteiger partial charge in [-0.15, -0.1) is 0 Å². The second kappa shape index (κ2) is 6.43. The molecule has 3 aliphatic rings. The van der Waals surface area contributed by atoms with E-state index in [9.17, 15) is 4.79 Å². The van der Waals surface area contributed by atoms with Crippen LogP contribution in [0.3, 0.4) is 0 Å². The lowest BCUT2D eigenvalue weighted by atomic mass is 9.93. The van der Waals surface area contributed by atoms with Crippen molar-refractivity contribution in [1.29, 1.82) is 0 Å². The van der Waals surface area contributed by atoms with Crippen LogP contribution in [0.1, 0.15) is 35.5 Å². The number of ether oxygens (including phenoxy) is 3. The van der Waals surface area contributed by atoms with Gasteiger partial charge in [0.1, 0.15) is 18.9 Å². The molecule has 5 aromatic rings. The van der Waals surface area contributed by atoms with Gasteiger partial charge in [0.15, 0.2) is 5.72 Å². The Morgan fingerprint density at radius 2 is 1.74 bits per heavy atom. The third-order valence-electron chi connectivity index (χ3n) is 8.50. The molecule has 3 aliphatic heterocycles. The minimum Gasteiger partial charge on any atom is -0.457 e. The summed E-state index contributed by atoms with van der Waals surface area (Å²) in [6.07, 6.45) is 0.285. The van der Waals surface area contributed by atoms with E-state index in [-0.39, 0.29) is 30.9 Å². The number of cyclic esters (lactones) is 1. The molecule has 7 heteroatoms. The summed E-state index contributed by atoms with van der Waals surface area (Å²) >= 11 is 0. The van der Waals surface area contributed by atoms with Gasteiger partial charge in [-0.1, -0.05) is 36.4 Å². The van der Waals surface area contributed by atoms with E-state index in [4.69, 9.17) is 14.2 Å². The minimum atomic E-state index is -0.780. The molecule has 2 aromatic heterocycles. The average Bonchev–Trinajstić information content (AvgIpc) is 3.51. The summed E-state index contributed by atoms with van der Waals surface area (Å²) in [7, 11) is 3.75. The number of rotatable bonds is 2. The summed E-state index contributed by atoms with van der Waals surface area (Å²) in [5.74, 6) is -0.246. The second-order valence-electron chi connectivity index (χ2n) is 10.0. The molecule has 2 bridgehead atoms. The maximum Gasteiger partial charge on any atom is 0.339 e. The largest absolute Gasteiger partial charge is 0.457 e. The predicted octanol–water partition coefficient (Wildman–Crippen LogP) is 4.78. The number of nitrogens with zero attached hydrogens (tertiary/aromatic N) is 2. The Labute approximate surface area is 201 Å². The van der Waals surface area contributed by atoms with Crippen LogP contribution < -0.4 is 5.32 Å². The third kappa shape index (κ3) is 2.12. The highest BCUT2D eigenvalue weighted by atomic mass is 16.6. The molecule has 4 atom stereocenters. The first-order chi connectivity index (χ1) is 17.1. The summed E-state index contributed by atoms with van der Waals surface area (Å²) < 4.78 is 23.6. The molecule has 0 aliphatic carbocycles. The van der Waals surface area contributed by atoms with E-state index in [1.165, 1.54) is 0 Å². The van der Waals surface area contributed by atoms with Crippen LogP contribution in [0.4, 0.5) is 0 Å². The monoisotopic (exact) mass is 467 g/mol. The maximum absolute atomic E-state index is 13.2. The molecule has 8 rings (SSSR count). The van der Waals surface area contributed by atoms with Crippen molar-refractivity contribution in [2.75, 3.05) is 14.2 Å². The Balaban J connectivity index is 1.72. The number of likely N-dealkylation sites (N-methyl/N-ethyl adjacent to an activating group) is 1. The van der Waals surface area contributed by atoms with Crippen molar-refractivity contribution in [3.05, 3.63) is 59.7 Å². The van der Waals surface area contributed by atoms with Gasteiger partial charge < -0.3 is 28.7 Å². The number of benzene rings is 3. The number of carbonyl (C=O) groups is 1. The zero-order valence-electron chi connectivity index (χ0n) is 19.8.